The predicted molar refractivity (Wildman–Crippen MR) is 89.8 cm³/mol. The molecule has 0 aromatic heterocycles. The molecule has 3 rings (SSSR count). The molecule has 3 aromatic carbocycles. The quantitative estimate of drug-likeness (QED) is 0.632. The summed E-state index contributed by atoms with van der Waals surface area (Å²) < 4.78 is 5.47. The smallest absolute Gasteiger partial charge is 0.150 e. The average molecular weight is 324 g/mol. The molecule has 0 saturated heterocycles. The fraction of sp³-hybridized carbons (Fsp3) is 0. The first kappa shape index (κ1) is 16.9. The summed E-state index contributed by atoms with van der Waals surface area (Å²) in [5, 5.41) is 26.9. The highest BCUT2D eigenvalue weighted by molar-refractivity contribution is 5.74. The second kappa shape index (κ2) is 8.24. The molecule has 0 aliphatic carbocycles. The number of ether oxygens (including phenoxy) is 1. The Bertz CT molecular complexity index is 719. The first-order chi connectivity index (χ1) is 11.6. The largest absolute Gasteiger partial charge is 0.508 e. The van der Waals surface area contributed by atoms with Gasteiger partial charge >= 0.3 is 0 Å². The molecule has 0 spiro atoms. The Kier molecular flexibility index (Phi) is 5.80. The molecule has 122 valence electrons. The molecule has 3 aromatic rings. The van der Waals surface area contributed by atoms with Crippen molar-refractivity contribution >= 4 is 6.29 Å². The molecule has 0 atom stereocenters. The SMILES string of the molecule is O=Cc1ccc(O)cc1.Oc1ccc(Oc2ccc(O)cc2)cc1. The Morgan fingerprint density at radius 2 is 0.917 bits per heavy atom. The van der Waals surface area contributed by atoms with Gasteiger partial charge in [0, 0.05) is 5.56 Å². The van der Waals surface area contributed by atoms with Crippen LogP contribution in [0, 0.1) is 0 Å². The van der Waals surface area contributed by atoms with Crippen molar-refractivity contribution in [1.29, 1.82) is 0 Å². The number of phenols is 3. The molecule has 0 radical (unpaired) electrons. The molecular weight excluding hydrogens is 308 g/mol. The average Bonchev–Trinajstić information content (AvgIpc) is 2.60. The van der Waals surface area contributed by atoms with Gasteiger partial charge in [-0.2, -0.15) is 0 Å². The fourth-order valence-electron chi connectivity index (χ4n) is 1.72. The van der Waals surface area contributed by atoms with Gasteiger partial charge in [0.2, 0.25) is 0 Å². The zero-order chi connectivity index (χ0) is 17.4. The molecule has 3 N–H and O–H groups in total. The number of carbonyl (C=O) groups is 1. The predicted octanol–water partition coefficient (Wildman–Crippen LogP) is 4.09. The van der Waals surface area contributed by atoms with E-state index >= 15 is 0 Å². The van der Waals surface area contributed by atoms with Gasteiger partial charge in [-0.25, -0.2) is 0 Å². The Balaban J connectivity index is 0.000000198. The van der Waals surface area contributed by atoms with Crippen LogP contribution < -0.4 is 4.74 Å². The Morgan fingerprint density at radius 1 is 0.583 bits per heavy atom. The highest BCUT2D eigenvalue weighted by Crippen LogP contribution is 2.24. The highest BCUT2D eigenvalue weighted by atomic mass is 16.5. The lowest BCUT2D eigenvalue weighted by Crippen LogP contribution is -1.82. The number of hydrogen-bond donors (Lipinski definition) is 3. The van der Waals surface area contributed by atoms with E-state index in [0.717, 1.165) is 6.29 Å². The third kappa shape index (κ3) is 5.38. The van der Waals surface area contributed by atoms with E-state index < -0.39 is 0 Å². The zero-order valence-corrected chi connectivity index (χ0v) is 12.7. The molecule has 0 unspecified atom stereocenters. The van der Waals surface area contributed by atoms with Crippen LogP contribution in [-0.4, -0.2) is 21.6 Å². The number of aromatic hydroxyl groups is 3. The van der Waals surface area contributed by atoms with Crippen LogP contribution in [0.1, 0.15) is 10.4 Å². The first-order valence-corrected chi connectivity index (χ1v) is 7.07. The summed E-state index contributed by atoms with van der Waals surface area (Å²) in [6, 6.07) is 18.9. The Labute approximate surface area is 139 Å². The maximum atomic E-state index is 10.0. The molecule has 0 amide bonds. The monoisotopic (exact) mass is 324 g/mol. The number of benzene rings is 3. The van der Waals surface area contributed by atoms with Gasteiger partial charge in [0.25, 0.3) is 0 Å². The second-order valence-corrected chi connectivity index (χ2v) is 4.80. The molecule has 0 heterocycles. The van der Waals surface area contributed by atoms with Gasteiger partial charge in [-0.15, -0.1) is 0 Å². The fourth-order valence-corrected chi connectivity index (χ4v) is 1.72. The summed E-state index contributed by atoms with van der Waals surface area (Å²) in [7, 11) is 0. The number of rotatable bonds is 3. The van der Waals surface area contributed by atoms with Crippen molar-refractivity contribution in [1.82, 2.24) is 0 Å². The number of phenolic OH excluding ortho intramolecular Hbond substituents is 3. The summed E-state index contributed by atoms with van der Waals surface area (Å²) in [5.41, 5.74) is 0.577. The van der Waals surface area contributed by atoms with Gasteiger partial charge in [-0.05, 0) is 72.8 Å². The number of aldehydes is 1. The van der Waals surface area contributed by atoms with Crippen molar-refractivity contribution < 1.29 is 24.9 Å². The maximum Gasteiger partial charge on any atom is 0.150 e. The molecule has 5 nitrogen and oxygen atoms in total. The number of carbonyl (C=O) groups excluding carboxylic acids is 1. The molecule has 0 saturated carbocycles. The van der Waals surface area contributed by atoms with Crippen molar-refractivity contribution in [2.45, 2.75) is 0 Å². The Hall–Kier alpha value is -3.47. The van der Waals surface area contributed by atoms with Gasteiger partial charge in [0.1, 0.15) is 35.0 Å². The summed E-state index contributed by atoms with van der Waals surface area (Å²) in [5.74, 6) is 1.86. The topological polar surface area (TPSA) is 87.0 Å². The van der Waals surface area contributed by atoms with E-state index in [0.29, 0.717) is 17.1 Å². The van der Waals surface area contributed by atoms with Crippen molar-refractivity contribution in [3.63, 3.8) is 0 Å². The second-order valence-electron chi connectivity index (χ2n) is 4.80. The van der Waals surface area contributed by atoms with Gasteiger partial charge in [0.15, 0.2) is 0 Å². The van der Waals surface area contributed by atoms with Crippen LogP contribution in [0.15, 0.2) is 72.8 Å². The van der Waals surface area contributed by atoms with E-state index in [1.54, 1.807) is 60.7 Å². The summed E-state index contributed by atoms with van der Waals surface area (Å²) in [6.45, 7) is 0. The van der Waals surface area contributed by atoms with Crippen molar-refractivity contribution in [2.75, 3.05) is 0 Å². The lowest BCUT2D eigenvalue weighted by atomic mass is 10.2. The van der Waals surface area contributed by atoms with Crippen LogP contribution >= 0.6 is 0 Å². The van der Waals surface area contributed by atoms with E-state index in [4.69, 9.17) is 20.1 Å². The maximum absolute atomic E-state index is 10.0. The summed E-state index contributed by atoms with van der Waals surface area (Å²) in [4.78, 5) is 10.0. The van der Waals surface area contributed by atoms with E-state index in [2.05, 4.69) is 0 Å². The van der Waals surface area contributed by atoms with Crippen LogP contribution in [0.3, 0.4) is 0 Å². The molecular formula is C19H16O5. The van der Waals surface area contributed by atoms with Gasteiger partial charge in [-0.3, -0.25) is 4.79 Å². The Morgan fingerprint density at radius 3 is 1.25 bits per heavy atom. The molecule has 5 heteroatoms. The van der Waals surface area contributed by atoms with Crippen molar-refractivity contribution in [2.24, 2.45) is 0 Å². The van der Waals surface area contributed by atoms with Crippen LogP contribution in [0.5, 0.6) is 28.7 Å². The van der Waals surface area contributed by atoms with Gasteiger partial charge < -0.3 is 20.1 Å². The lowest BCUT2D eigenvalue weighted by Gasteiger charge is -2.05. The third-order valence-electron chi connectivity index (χ3n) is 2.94. The van der Waals surface area contributed by atoms with Crippen LogP contribution in [0.2, 0.25) is 0 Å². The minimum absolute atomic E-state index is 0.181. The lowest BCUT2D eigenvalue weighted by molar-refractivity contribution is 0.112. The highest BCUT2D eigenvalue weighted by Gasteiger charge is 1.97. The van der Waals surface area contributed by atoms with Crippen molar-refractivity contribution in [3.05, 3.63) is 78.4 Å². The van der Waals surface area contributed by atoms with Crippen LogP contribution in [-0.2, 0) is 0 Å². The number of hydrogen-bond acceptors (Lipinski definition) is 5. The zero-order valence-electron chi connectivity index (χ0n) is 12.7. The first-order valence-electron chi connectivity index (χ1n) is 7.07. The van der Waals surface area contributed by atoms with Crippen molar-refractivity contribution in [3.8, 4) is 28.7 Å². The normalized spacial score (nSPS) is 9.50. The standard InChI is InChI=1S/C12H10O3.C7H6O2/c13-9-1-5-11(6-2-9)15-12-7-3-10(14)4-8-12;8-5-6-1-3-7(9)4-2-6/h1-8,13-14H;1-5,9H. The van der Waals surface area contributed by atoms with Gasteiger partial charge in [-0.1, -0.05) is 0 Å². The summed E-state index contributed by atoms with van der Waals surface area (Å²) >= 11 is 0. The van der Waals surface area contributed by atoms with Gasteiger partial charge in [0.05, 0.1) is 0 Å². The van der Waals surface area contributed by atoms with Crippen LogP contribution in [0.25, 0.3) is 0 Å². The van der Waals surface area contributed by atoms with E-state index in [1.165, 1.54) is 12.1 Å². The third-order valence-corrected chi connectivity index (χ3v) is 2.94. The van der Waals surface area contributed by atoms with E-state index in [9.17, 15) is 4.79 Å². The molecule has 0 bridgehead atoms. The molecule has 0 aliphatic heterocycles. The molecule has 24 heavy (non-hydrogen) atoms. The van der Waals surface area contributed by atoms with E-state index in [-0.39, 0.29) is 17.2 Å². The molecule has 0 aliphatic rings. The van der Waals surface area contributed by atoms with Crippen LogP contribution in [0.4, 0.5) is 0 Å². The summed E-state index contributed by atoms with van der Waals surface area (Å²) in [6.07, 6.45) is 0.736. The minimum atomic E-state index is 0.181. The van der Waals surface area contributed by atoms with E-state index in [1.807, 2.05) is 0 Å². The molecule has 0 fully saturated rings. The minimum Gasteiger partial charge on any atom is -0.508 e.